The number of carbonyl (C=O) groups excluding carboxylic acids is 1. The Hall–Kier alpha value is -1.69. The van der Waals surface area contributed by atoms with E-state index in [1.54, 1.807) is 6.26 Å². The number of halogens is 2. The van der Waals surface area contributed by atoms with Crippen LogP contribution in [0.2, 0.25) is 0 Å². The number of rotatable bonds is 5. The summed E-state index contributed by atoms with van der Waals surface area (Å²) in [6.07, 6.45) is 2.60. The zero-order chi connectivity index (χ0) is 15.5. The Morgan fingerprint density at radius 3 is 2.83 bits per heavy atom. The third-order valence-corrected chi connectivity index (χ3v) is 4.07. The molecule has 1 amide bonds. The molecule has 1 aliphatic rings. The van der Waals surface area contributed by atoms with Gasteiger partial charge in [0, 0.05) is 36.9 Å². The highest BCUT2D eigenvalue weighted by Gasteiger charge is 2.27. The predicted molar refractivity (Wildman–Crippen MR) is 100 cm³/mol. The normalized spacial score (nSPS) is 15.2. The van der Waals surface area contributed by atoms with Gasteiger partial charge in [0.05, 0.1) is 6.26 Å². The van der Waals surface area contributed by atoms with Crippen LogP contribution in [0.25, 0.3) is 0 Å². The van der Waals surface area contributed by atoms with E-state index >= 15 is 0 Å². The summed E-state index contributed by atoms with van der Waals surface area (Å²) >= 11 is 0. The van der Waals surface area contributed by atoms with Crippen molar-refractivity contribution in [2.45, 2.75) is 25.9 Å². The highest BCUT2D eigenvalue weighted by atomic mass is 35.5. The second kappa shape index (κ2) is 8.97. The molecule has 1 aliphatic heterocycles. The molecule has 0 aliphatic carbocycles. The highest BCUT2D eigenvalue weighted by Crippen LogP contribution is 2.33. The van der Waals surface area contributed by atoms with Gasteiger partial charge in [-0.25, -0.2) is 0 Å². The summed E-state index contributed by atoms with van der Waals surface area (Å²) in [7, 11) is 0. The Balaban J connectivity index is 0.00000144. The SMILES string of the molecule is CC1Cc2ccccc2N1Cc1ccoc1C(=O)NCCN.Cl.Cl. The average molecular weight is 372 g/mol. The molecule has 24 heavy (non-hydrogen) atoms. The van der Waals surface area contributed by atoms with Gasteiger partial charge in [0.1, 0.15) is 0 Å². The summed E-state index contributed by atoms with van der Waals surface area (Å²) in [5, 5.41) is 2.75. The van der Waals surface area contributed by atoms with Gasteiger partial charge in [-0.15, -0.1) is 24.8 Å². The van der Waals surface area contributed by atoms with Crippen molar-refractivity contribution >= 4 is 36.4 Å². The molecule has 0 spiro atoms. The number of amides is 1. The van der Waals surface area contributed by atoms with Crippen molar-refractivity contribution in [3.63, 3.8) is 0 Å². The molecule has 0 saturated carbocycles. The van der Waals surface area contributed by atoms with Crippen LogP contribution in [0.3, 0.4) is 0 Å². The summed E-state index contributed by atoms with van der Waals surface area (Å²) in [5.41, 5.74) is 8.91. The van der Waals surface area contributed by atoms with Gasteiger partial charge < -0.3 is 20.4 Å². The molecule has 0 radical (unpaired) electrons. The molecule has 0 saturated heterocycles. The van der Waals surface area contributed by atoms with Crippen molar-refractivity contribution in [1.29, 1.82) is 0 Å². The van der Waals surface area contributed by atoms with Crippen LogP contribution in [-0.2, 0) is 13.0 Å². The molecule has 1 aromatic heterocycles. The molecule has 1 aromatic carbocycles. The van der Waals surface area contributed by atoms with Crippen molar-refractivity contribution < 1.29 is 9.21 Å². The maximum Gasteiger partial charge on any atom is 0.287 e. The van der Waals surface area contributed by atoms with Gasteiger partial charge in [0.15, 0.2) is 5.76 Å². The first kappa shape index (κ1) is 20.4. The van der Waals surface area contributed by atoms with Crippen molar-refractivity contribution in [1.82, 2.24) is 5.32 Å². The molecule has 2 heterocycles. The monoisotopic (exact) mass is 371 g/mol. The number of para-hydroxylation sites is 1. The minimum atomic E-state index is -0.203. The van der Waals surface area contributed by atoms with Gasteiger partial charge in [-0.1, -0.05) is 18.2 Å². The van der Waals surface area contributed by atoms with Crippen molar-refractivity contribution in [3.05, 3.63) is 53.5 Å². The number of nitrogens with zero attached hydrogens (tertiary/aromatic N) is 1. The fraction of sp³-hybridized carbons (Fsp3) is 0.353. The van der Waals surface area contributed by atoms with E-state index in [1.807, 2.05) is 12.1 Å². The second-order valence-electron chi connectivity index (χ2n) is 5.63. The lowest BCUT2D eigenvalue weighted by Gasteiger charge is -2.24. The Bertz CT molecular complexity index is 675. The molecule has 0 bridgehead atoms. The number of nitrogens with two attached hydrogens (primary N) is 1. The lowest BCUT2D eigenvalue weighted by atomic mass is 10.1. The first-order valence-electron chi connectivity index (χ1n) is 7.60. The molecule has 0 fully saturated rings. The van der Waals surface area contributed by atoms with E-state index in [-0.39, 0.29) is 30.7 Å². The summed E-state index contributed by atoms with van der Waals surface area (Å²) in [5.74, 6) is 0.176. The van der Waals surface area contributed by atoms with Crippen LogP contribution in [0, 0.1) is 0 Å². The number of fused-ring (bicyclic) bond motifs is 1. The number of carbonyl (C=O) groups is 1. The fourth-order valence-electron chi connectivity index (χ4n) is 2.98. The van der Waals surface area contributed by atoms with Gasteiger partial charge in [-0.2, -0.15) is 0 Å². The number of benzene rings is 1. The fourth-order valence-corrected chi connectivity index (χ4v) is 2.98. The number of hydrogen-bond acceptors (Lipinski definition) is 4. The molecule has 1 unspecified atom stereocenters. The zero-order valence-corrected chi connectivity index (χ0v) is 15.2. The minimum Gasteiger partial charge on any atom is -0.459 e. The first-order valence-corrected chi connectivity index (χ1v) is 7.60. The Kier molecular flexibility index (Phi) is 7.60. The number of anilines is 1. The van der Waals surface area contributed by atoms with Crippen LogP contribution in [0.5, 0.6) is 0 Å². The maximum absolute atomic E-state index is 12.1. The van der Waals surface area contributed by atoms with Crippen LogP contribution < -0.4 is 16.0 Å². The van der Waals surface area contributed by atoms with E-state index in [0.717, 1.165) is 12.0 Å². The van der Waals surface area contributed by atoms with E-state index in [1.165, 1.54) is 11.3 Å². The van der Waals surface area contributed by atoms with Gasteiger partial charge in [-0.3, -0.25) is 4.79 Å². The Morgan fingerprint density at radius 2 is 2.08 bits per heavy atom. The minimum absolute atomic E-state index is 0. The van der Waals surface area contributed by atoms with E-state index in [0.29, 0.717) is 31.4 Å². The molecule has 3 rings (SSSR count). The summed E-state index contributed by atoms with van der Waals surface area (Å²) in [6, 6.07) is 10.7. The van der Waals surface area contributed by atoms with Gasteiger partial charge in [-0.05, 0) is 31.0 Å². The lowest BCUT2D eigenvalue weighted by molar-refractivity contribution is 0.0925. The third kappa shape index (κ3) is 4.04. The van der Waals surface area contributed by atoms with Gasteiger partial charge in [0.2, 0.25) is 0 Å². The van der Waals surface area contributed by atoms with E-state index < -0.39 is 0 Å². The highest BCUT2D eigenvalue weighted by molar-refractivity contribution is 5.93. The zero-order valence-electron chi connectivity index (χ0n) is 13.5. The molecular formula is C17H23Cl2N3O2. The van der Waals surface area contributed by atoms with Crippen molar-refractivity contribution in [2.75, 3.05) is 18.0 Å². The summed E-state index contributed by atoms with van der Waals surface area (Å²) in [6.45, 7) is 3.73. The molecule has 5 nitrogen and oxygen atoms in total. The number of furan rings is 1. The van der Waals surface area contributed by atoms with E-state index in [2.05, 4.69) is 35.3 Å². The molecule has 2 aromatic rings. The maximum atomic E-state index is 12.1. The molecule has 1 atom stereocenters. The summed E-state index contributed by atoms with van der Waals surface area (Å²) in [4.78, 5) is 14.4. The summed E-state index contributed by atoms with van der Waals surface area (Å²) < 4.78 is 5.38. The molecular weight excluding hydrogens is 349 g/mol. The number of nitrogens with one attached hydrogen (secondary N) is 1. The van der Waals surface area contributed by atoms with Gasteiger partial charge >= 0.3 is 0 Å². The van der Waals surface area contributed by atoms with Crippen molar-refractivity contribution in [2.24, 2.45) is 5.73 Å². The molecule has 3 N–H and O–H groups in total. The lowest BCUT2D eigenvalue weighted by Crippen LogP contribution is -2.32. The Morgan fingerprint density at radius 1 is 1.33 bits per heavy atom. The van der Waals surface area contributed by atoms with Crippen LogP contribution in [0.1, 0.15) is 28.6 Å². The van der Waals surface area contributed by atoms with Gasteiger partial charge in [0.25, 0.3) is 5.91 Å². The quantitative estimate of drug-likeness (QED) is 0.847. The van der Waals surface area contributed by atoms with E-state index in [4.69, 9.17) is 10.2 Å². The largest absolute Gasteiger partial charge is 0.459 e. The van der Waals surface area contributed by atoms with Crippen LogP contribution >= 0.6 is 24.8 Å². The third-order valence-electron chi connectivity index (χ3n) is 4.07. The standard InChI is InChI=1S/C17H21N3O2.2ClH/c1-12-10-13-4-2-3-5-15(13)20(12)11-14-6-9-22-16(14)17(21)19-8-7-18;;/h2-6,9,12H,7-8,10-11,18H2,1H3,(H,19,21);2*1H. The molecule has 132 valence electrons. The molecule has 7 heteroatoms. The average Bonchev–Trinajstić information content (AvgIpc) is 3.10. The van der Waals surface area contributed by atoms with Crippen LogP contribution in [0.15, 0.2) is 41.0 Å². The Labute approximate surface area is 154 Å². The predicted octanol–water partition coefficient (Wildman–Crippen LogP) is 2.76. The topological polar surface area (TPSA) is 71.5 Å². The van der Waals surface area contributed by atoms with E-state index in [9.17, 15) is 4.79 Å². The first-order chi connectivity index (χ1) is 10.7. The van der Waals surface area contributed by atoms with Crippen molar-refractivity contribution in [3.8, 4) is 0 Å². The second-order valence-corrected chi connectivity index (χ2v) is 5.63. The van der Waals surface area contributed by atoms with Crippen LogP contribution in [-0.4, -0.2) is 25.0 Å². The number of hydrogen-bond donors (Lipinski definition) is 2. The smallest absolute Gasteiger partial charge is 0.287 e. The van der Waals surface area contributed by atoms with Crippen LogP contribution in [0.4, 0.5) is 5.69 Å².